The van der Waals surface area contributed by atoms with Crippen LogP contribution in [0.3, 0.4) is 0 Å². The molecule has 0 heterocycles. The topological polar surface area (TPSA) is 58.2 Å². The van der Waals surface area contributed by atoms with Crippen LogP contribution in [0.1, 0.15) is 85.5 Å². The first-order valence-corrected chi connectivity index (χ1v) is 9.58. The van der Waals surface area contributed by atoms with Crippen molar-refractivity contribution in [1.82, 2.24) is 10.6 Å². The third-order valence-corrected chi connectivity index (χ3v) is 4.47. The molecule has 4 heteroatoms. The van der Waals surface area contributed by atoms with Gasteiger partial charge in [-0.2, -0.15) is 0 Å². The lowest BCUT2D eigenvalue weighted by Gasteiger charge is -2.22. The van der Waals surface area contributed by atoms with Gasteiger partial charge in [-0.25, -0.2) is 0 Å². The van der Waals surface area contributed by atoms with Crippen molar-refractivity contribution in [3.63, 3.8) is 0 Å². The number of rotatable bonds is 8. The molecule has 2 N–H and O–H groups in total. The van der Waals surface area contributed by atoms with Crippen molar-refractivity contribution >= 4 is 11.7 Å². The van der Waals surface area contributed by atoms with Crippen LogP contribution < -0.4 is 10.6 Å². The Balaban J connectivity index is 0.00000232. The van der Waals surface area contributed by atoms with E-state index in [-0.39, 0.29) is 17.6 Å². The van der Waals surface area contributed by atoms with Gasteiger partial charge in [-0.05, 0) is 39.2 Å². The maximum Gasteiger partial charge on any atom is 0.216 e. The summed E-state index contributed by atoms with van der Waals surface area (Å²) in [6.07, 6.45) is 11.0. The fraction of sp³-hybridized carbons (Fsp3) is 0.895. The number of amides is 1. The molecule has 1 aliphatic rings. The van der Waals surface area contributed by atoms with Gasteiger partial charge in [-0.1, -0.05) is 46.0 Å². The number of hydrogen-bond acceptors (Lipinski definition) is 3. The minimum atomic E-state index is -0.0232. The van der Waals surface area contributed by atoms with Crippen molar-refractivity contribution in [2.45, 2.75) is 91.5 Å². The molecule has 136 valence electrons. The summed E-state index contributed by atoms with van der Waals surface area (Å²) in [7, 11) is 0. The standard InChI is InChI=1S/C17H32N2O2.C2H6/c1-14(20)16(10-12-18-15(2)21)11-13-19-17-8-6-4-3-5-7-9-17;1-2/h16-17,19H,3-13H2,1-2H3,(H,18,21);1-2H3. The molecule has 0 saturated heterocycles. The van der Waals surface area contributed by atoms with Crippen LogP contribution in [0.15, 0.2) is 0 Å². The van der Waals surface area contributed by atoms with Crippen LogP contribution in [0.4, 0.5) is 0 Å². The molecule has 0 bridgehead atoms. The number of ketones is 1. The van der Waals surface area contributed by atoms with Gasteiger partial charge in [0, 0.05) is 25.4 Å². The number of Topliss-reactive ketones (excluding diaryl/α,β-unsaturated/α-hetero) is 1. The van der Waals surface area contributed by atoms with E-state index in [1.165, 1.54) is 51.9 Å². The maximum atomic E-state index is 11.7. The highest BCUT2D eigenvalue weighted by atomic mass is 16.1. The zero-order chi connectivity index (χ0) is 17.5. The van der Waals surface area contributed by atoms with E-state index in [0.29, 0.717) is 12.6 Å². The van der Waals surface area contributed by atoms with E-state index in [1.807, 2.05) is 13.8 Å². The molecule has 0 aliphatic heterocycles. The van der Waals surface area contributed by atoms with E-state index in [1.54, 1.807) is 6.92 Å². The van der Waals surface area contributed by atoms with E-state index >= 15 is 0 Å². The zero-order valence-corrected chi connectivity index (χ0v) is 15.7. The highest BCUT2D eigenvalue weighted by molar-refractivity contribution is 5.78. The Morgan fingerprint density at radius 1 is 0.913 bits per heavy atom. The minimum Gasteiger partial charge on any atom is -0.356 e. The predicted molar refractivity (Wildman–Crippen MR) is 97.5 cm³/mol. The van der Waals surface area contributed by atoms with Crippen molar-refractivity contribution in [2.75, 3.05) is 13.1 Å². The molecule has 4 nitrogen and oxygen atoms in total. The van der Waals surface area contributed by atoms with E-state index < -0.39 is 0 Å². The lowest BCUT2D eigenvalue weighted by Crippen LogP contribution is -2.33. The van der Waals surface area contributed by atoms with E-state index in [2.05, 4.69) is 10.6 Å². The van der Waals surface area contributed by atoms with Gasteiger partial charge in [0.15, 0.2) is 0 Å². The van der Waals surface area contributed by atoms with Crippen molar-refractivity contribution in [1.29, 1.82) is 0 Å². The normalized spacial score (nSPS) is 17.2. The summed E-state index contributed by atoms with van der Waals surface area (Å²) < 4.78 is 0. The SMILES string of the molecule is CC.CC(=O)NCCC(CCNC1CCCCCCC1)C(C)=O. The zero-order valence-electron chi connectivity index (χ0n) is 15.7. The summed E-state index contributed by atoms with van der Waals surface area (Å²) in [5.41, 5.74) is 0. The van der Waals surface area contributed by atoms with Gasteiger partial charge in [0.2, 0.25) is 5.91 Å². The highest BCUT2D eigenvalue weighted by Gasteiger charge is 2.15. The molecule has 1 atom stereocenters. The third kappa shape index (κ3) is 12.2. The van der Waals surface area contributed by atoms with Gasteiger partial charge in [-0.15, -0.1) is 0 Å². The van der Waals surface area contributed by atoms with Gasteiger partial charge in [0.1, 0.15) is 5.78 Å². The van der Waals surface area contributed by atoms with Crippen molar-refractivity contribution in [3.05, 3.63) is 0 Å². The highest BCUT2D eigenvalue weighted by Crippen LogP contribution is 2.17. The predicted octanol–water partition coefficient (Wildman–Crippen LogP) is 3.84. The van der Waals surface area contributed by atoms with Gasteiger partial charge >= 0.3 is 0 Å². The molecule has 0 aromatic carbocycles. The molecule has 1 unspecified atom stereocenters. The minimum absolute atomic E-state index is 0.0232. The Kier molecular flexibility index (Phi) is 14.1. The number of carbonyl (C=O) groups is 2. The number of hydrogen-bond donors (Lipinski definition) is 2. The third-order valence-electron chi connectivity index (χ3n) is 4.47. The maximum absolute atomic E-state index is 11.7. The molecule has 0 aromatic heterocycles. The first kappa shape index (κ1) is 22.1. The average molecular weight is 327 g/mol. The van der Waals surface area contributed by atoms with E-state index in [0.717, 1.165) is 19.4 Å². The van der Waals surface area contributed by atoms with Crippen LogP contribution in [0.25, 0.3) is 0 Å². The number of carbonyl (C=O) groups excluding carboxylic acids is 2. The average Bonchev–Trinajstić information content (AvgIpc) is 2.49. The Morgan fingerprint density at radius 2 is 1.43 bits per heavy atom. The Morgan fingerprint density at radius 3 is 1.96 bits per heavy atom. The fourth-order valence-corrected chi connectivity index (χ4v) is 3.10. The second-order valence-corrected chi connectivity index (χ2v) is 6.36. The second kappa shape index (κ2) is 14.7. The molecule has 0 aromatic rings. The first-order chi connectivity index (χ1) is 11.1. The fourth-order valence-electron chi connectivity index (χ4n) is 3.10. The van der Waals surface area contributed by atoms with Crippen LogP contribution in [0, 0.1) is 5.92 Å². The van der Waals surface area contributed by atoms with Gasteiger partial charge in [-0.3, -0.25) is 9.59 Å². The number of nitrogens with one attached hydrogen (secondary N) is 2. The van der Waals surface area contributed by atoms with Crippen LogP contribution >= 0.6 is 0 Å². The summed E-state index contributed by atoms with van der Waals surface area (Å²) in [5.74, 6) is 0.280. The Bertz CT molecular complexity index is 310. The molecule has 23 heavy (non-hydrogen) atoms. The molecule has 1 fully saturated rings. The molecule has 0 spiro atoms. The van der Waals surface area contributed by atoms with Crippen molar-refractivity contribution < 1.29 is 9.59 Å². The molecular weight excluding hydrogens is 288 g/mol. The van der Waals surface area contributed by atoms with E-state index in [4.69, 9.17) is 0 Å². The molecule has 1 aliphatic carbocycles. The van der Waals surface area contributed by atoms with E-state index in [9.17, 15) is 9.59 Å². The van der Waals surface area contributed by atoms with Gasteiger partial charge in [0.05, 0.1) is 0 Å². The molecule has 0 radical (unpaired) electrons. The molecule has 1 amide bonds. The van der Waals surface area contributed by atoms with Gasteiger partial charge < -0.3 is 10.6 Å². The monoisotopic (exact) mass is 326 g/mol. The Hall–Kier alpha value is -0.900. The van der Waals surface area contributed by atoms with Crippen LogP contribution in [0.5, 0.6) is 0 Å². The van der Waals surface area contributed by atoms with Crippen LogP contribution in [-0.2, 0) is 9.59 Å². The molecule has 1 rings (SSSR count). The quantitative estimate of drug-likeness (QED) is 0.712. The smallest absolute Gasteiger partial charge is 0.216 e. The second-order valence-electron chi connectivity index (χ2n) is 6.36. The first-order valence-electron chi connectivity index (χ1n) is 9.58. The van der Waals surface area contributed by atoms with Gasteiger partial charge in [0.25, 0.3) is 0 Å². The molecular formula is C19H38N2O2. The van der Waals surface area contributed by atoms with Crippen LogP contribution in [-0.4, -0.2) is 30.8 Å². The van der Waals surface area contributed by atoms with Crippen molar-refractivity contribution in [3.8, 4) is 0 Å². The summed E-state index contributed by atoms with van der Waals surface area (Å²) in [4.78, 5) is 22.5. The summed E-state index contributed by atoms with van der Waals surface area (Å²) >= 11 is 0. The Labute approximate surface area is 143 Å². The summed E-state index contributed by atoms with van der Waals surface area (Å²) in [5, 5.41) is 6.41. The summed E-state index contributed by atoms with van der Waals surface area (Å²) in [6.45, 7) is 8.69. The van der Waals surface area contributed by atoms with Crippen LogP contribution in [0.2, 0.25) is 0 Å². The van der Waals surface area contributed by atoms with Crippen molar-refractivity contribution in [2.24, 2.45) is 5.92 Å². The molecule has 1 saturated carbocycles. The summed E-state index contributed by atoms with van der Waals surface area (Å²) in [6, 6.07) is 0.633. The lowest BCUT2D eigenvalue weighted by atomic mass is 9.95. The largest absolute Gasteiger partial charge is 0.356 e. The lowest BCUT2D eigenvalue weighted by molar-refractivity contribution is -0.122.